The molecule has 29 heavy (non-hydrogen) atoms. The Bertz CT molecular complexity index is 1200. The molecular weight excluding hydrogens is 420 g/mol. The molecule has 11 nitrogen and oxygen atoms in total. The second-order valence-corrected chi connectivity index (χ2v) is 8.91. The van der Waals surface area contributed by atoms with Crippen LogP contribution in [0.25, 0.3) is 0 Å². The lowest BCUT2D eigenvalue weighted by Gasteiger charge is -2.15. The van der Waals surface area contributed by atoms with Gasteiger partial charge in [0.1, 0.15) is 11.6 Å². The number of carbonyl (C=O) groups excluding carboxylic acids is 2. The highest BCUT2D eigenvalue weighted by atomic mass is 35.5. The topological polar surface area (TPSA) is 176 Å². The molecule has 0 unspecified atom stereocenters. The van der Waals surface area contributed by atoms with Crippen LogP contribution in [-0.4, -0.2) is 44.4 Å². The van der Waals surface area contributed by atoms with E-state index >= 15 is 0 Å². The standard InChI is InChI=1S/C16H19ClN8O3S/c1-20-16(27)12-9(6-11(24-25-12)22-15(26)7-3-4-7)21-14-10(29(2,19)28)5-8(17)13(18)23-14/h5-7,19H,3-4H2,1-2H3,(H,20,27)(H4,18,21,22,23,24,26)/t29-/m1/s1/i1D3. The minimum absolute atomic E-state index is 0.0126. The van der Waals surface area contributed by atoms with Gasteiger partial charge >= 0.3 is 0 Å². The molecule has 0 bridgehead atoms. The van der Waals surface area contributed by atoms with Crippen LogP contribution in [0.5, 0.6) is 0 Å². The van der Waals surface area contributed by atoms with Crippen molar-refractivity contribution < 1.29 is 17.9 Å². The number of rotatable bonds is 6. The fourth-order valence-electron chi connectivity index (χ4n) is 2.35. The maximum Gasteiger partial charge on any atom is 0.273 e. The monoisotopic (exact) mass is 441 g/mol. The predicted molar refractivity (Wildman–Crippen MR) is 109 cm³/mol. The van der Waals surface area contributed by atoms with E-state index in [0.717, 1.165) is 19.1 Å². The zero-order valence-corrected chi connectivity index (χ0v) is 16.6. The lowest BCUT2D eigenvalue weighted by Crippen LogP contribution is -2.23. The number of aromatic nitrogens is 3. The van der Waals surface area contributed by atoms with E-state index in [1.807, 2.05) is 0 Å². The molecule has 1 atom stereocenters. The molecule has 1 aliphatic carbocycles. The van der Waals surface area contributed by atoms with Crippen molar-refractivity contribution >= 4 is 56.3 Å². The van der Waals surface area contributed by atoms with E-state index in [9.17, 15) is 13.8 Å². The third-order valence-corrected chi connectivity index (χ3v) is 5.42. The summed E-state index contributed by atoms with van der Waals surface area (Å²) in [7, 11) is -3.35. The van der Waals surface area contributed by atoms with Crippen molar-refractivity contribution in [2.75, 3.05) is 29.6 Å². The summed E-state index contributed by atoms with van der Waals surface area (Å²) in [6.07, 6.45) is 2.63. The maximum atomic E-state index is 12.5. The SMILES string of the molecule is [2H]C([2H])([2H])NC(=O)c1nnc(NC(=O)C2CC2)cc1Nc1nc(N)c(Cl)cc1[S@](C)(=N)=O. The Balaban J connectivity index is 2.07. The second-order valence-electron chi connectivity index (χ2n) is 6.38. The Morgan fingerprint density at radius 2 is 2.10 bits per heavy atom. The van der Waals surface area contributed by atoms with Gasteiger partial charge in [0.05, 0.1) is 25.3 Å². The highest BCUT2D eigenvalue weighted by Crippen LogP contribution is 2.32. The van der Waals surface area contributed by atoms with Crippen LogP contribution in [0.3, 0.4) is 0 Å². The van der Waals surface area contributed by atoms with E-state index in [4.69, 9.17) is 26.2 Å². The molecule has 2 aromatic heterocycles. The van der Waals surface area contributed by atoms with Gasteiger partial charge in [-0.1, -0.05) is 11.6 Å². The number of nitrogens with zero attached hydrogens (tertiary/aromatic N) is 3. The Hall–Kier alpha value is -2.99. The molecule has 1 saturated carbocycles. The largest absolute Gasteiger partial charge is 0.382 e. The Kier molecular flexibility index (Phi) is 4.55. The number of anilines is 4. The number of carbonyl (C=O) groups is 2. The number of amides is 2. The smallest absolute Gasteiger partial charge is 0.273 e. The number of hydrogen-bond donors (Lipinski definition) is 5. The number of hydrogen-bond acceptors (Lipinski definition) is 9. The van der Waals surface area contributed by atoms with Crippen LogP contribution in [0, 0.1) is 10.7 Å². The molecule has 13 heteroatoms. The number of nitrogens with two attached hydrogens (primary N) is 1. The lowest BCUT2D eigenvalue weighted by atomic mass is 10.2. The van der Waals surface area contributed by atoms with E-state index in [0.29, 0.717) is 0 Å². The van der Waals surface area contributed by atoms with Crippen molar-refractivity contribution in [1.29, 1.82) is 4.78 Å². The second kappa shape index (κ2) is 7.79. The van der Waals surface area contributed by atoms with Crippen LogP contribution in [0.2, 0.25) is 5.02 Å². The Morgan fingerprint density at radius 3 is 2.72 bits per heavy atom. The summed E-state index contributed by atoms with van der Waals surface area (Å²) in [6.45, 7) is -2.80. The summed E-state index contributed by atoms with van der Waals surface area (Å²) in [5.41, 5.74) is 5.16. The van der Waals surface area contributed by atoms with Crippen LogP contribution in [-0.2, 0) is 14.5 Å². The van der Waals surface area contributed by atoms with E-state index in [1.54, 1.807) is 5.32 Å². The molecule has 2 amide bonds. The third kappa shape index (κ3) is 4.71. The molecule has 6 N–H and O–H groups in total. The summed E-state index contributed by atoms with van der Waals surface area (Å²) in [6, 6.07) is 2.44. The van der Waals surface area contributed by atoms with Gasteiger partial charge in [0.25, 0.3) is 5.91 Å². The summed E-state index contributed by atoms with van der Waals surface area (Å²) >= 11 is 5.95. The van der Waals surface area contributed by atoms with Crippen molar-refractivity contribution in [2.45, 2.75) is 17.7 Å². The first-order valence-corrected chi connectivity index (χ1v) is 10.6. The molecule has 1 aliphatic rings. The van der Waals surface area contributed by atoms with E-state index < -0.39 is 28.3 Å². The lowest BCUT2D eigenvalue weighted by molar-refractivity contribution is -0.117. The van der Waals surface area contributed by atoms with Gasteiger partial charge in [-0.2, -0.15) is 0 Å². The van der Waals surface area contributed by atoms with E-state index in [1.165, 1.54) is 12.1 Å². The zero-order valence-electron chi connectivity index (χ0n) is 18.1. The normalized spacial score (nSPS) is 17.2. The average molecular weight is 442 g/mol. The summed E-state index contributed by atoms with van der Waals surface area (Å²) in [4.78, 5) is 28.4. The molecule has 2 heterocycles. The van der Waals surface area contributed by atoms with Gasteiger partial charge in [-0.3, -0.25) is 9.59 Å². The average Bonchev–Trinajstić information content (AvgIpc) is 3.47. The zero-order chi connectivity index (χ0) is 23.8. The van der Waals surface area contributed by atoms with Gasteiger partial charge in [0.2, 0.25) is 5.91 Å². The molecule has 0 radical (unpaired) electrons. The van der Waals surface area contributed by atoms with Crippen LogP contribution >= 0.6 is 11.6 Å². The predicted octanol–water partition coefficient (Wildman–Crippen LogP) is 1.59. The highest BCUT2D eigenvalue weighted by Gasteiger charge is 2.30. The van der Waals surface area contributed by atoms with Crippen molar-refractivity contribution in [1.82, 2.24) is 20.5 Å². The van der Waals surface area contributed by atoms with Gasteiger partial charge < -0.3 is 21.7 Å². The molecular formula is C16H19ClN8O3S. The summed E-state index contributed by atoms with van der Waals surface area (Å²) in [5.74, 6) is -1.82. The highest BCUT2D eigenvalue weighted by molar-refractivity contribution is 7.91. The van der Waals surface area contributed by atoms with Gasteiger partial charge in [-0.05, 0) is 18.9 Å². The molecule has 0 saturated heterocycles. The molecule has 3 rings (SSSR count). The minimum atomic E-state index is -3.35. The fraction of sp³-hybridized carbons (Fsp3) is 0.312. The van der Waals surface area contributed by atoms with Crippen molar-refractivity contribution in [3.05, 3.63) is 22.8 Å². The summed E-state index contributed by atoms with van der Waals surface area (Å²) < 4.78 is 42.0. The van der Waals surface area contributed by atoms with Gasteiger partial charge in [-0.25, -0.2) is 14.0 Å². The Labute approximate surface area is 176 Å². The van der Waals surface area contributed by atoms with Gasteiger partial charge in [0.15, 0.2) is 11.5 Å². The van der Waals surface area contributed by atoms with Crippen molar-refractivity contribution in [3.8, 4) is 0 Å². The number of halogens is 1. The maximum absolute atomic E-state index is 12.5. The molecule has 1 fully saturated rings. The van der Waals surface area contributed by atoms with Crippen molar-refractivity contribution in [2.24, 2.45) is 5.92 Å². The van der Waals surface area contributed by atoms with Crippen LogP contribution in [0.4, 0.5) is 23.1 Å². The first kappa shape index (κ1) is 16.9. The quantitative estimate of drug-likeness (QED) is 0.448. The molecule has 2 aromatic rings. The molecule has 154 valence electrons. The summed E-state index contributed by atoms with van der Waals surface area (Å²) in [5, 5.41) is 14.5. The molecule has 0 spiro atoms. The minimum Gasteiger partial charge on any atom is -0.382 e. The van der Waals surface area contributed by atoms with Crippen molar-refractivity contribution in [3.63, 3.8) is 0 Å². The molecule has 0 aliphatic heterocycles. The first-order valence-electron chi connectivity index (χ1n) is 9.72. The Morgan fingerprint density at radius 1 is 1.38 bits per heavy atom. The number of pyridine rings is 1. The van der Waals surface area contributed by atoms with Crippen LogP contribution in [0.15, 0.2) is 17.0 Å². The third-order valence-electron chi connectivity index (χ3n) is 3.96. The van der Waals surface area contributed by atoms with Gasteiger partial charge in [0, 0.05) is 29.3 Å². The van der Waals surface area contributed by atoms with Crippen LogP contribution < -0.4 is 21.7 Å². The van der Waals surface area contributed by atoms with E-state index in [-0.39, 0.29) is 44.9 Å². The number of nitrogens with one attached hydrogen (secondary N) is 4. The number of nitrogen functional groups attached to an aromatic ring is 1. The first-order chi connectivity index (χ1) is 14.7. The van der Waals surface area contributed by atoms with E-state index in [2.05, 4.69) is 25.8 Å². The fourth-order valence-corrected chi connectivity index (χ4v) is 3.37. The van der Waals surface area contributed by atoms with Crippen LogP contribution in [0.1, 0.15) is 27.4 Å². The van der Waals surface area contributed by atoms with Gasteiger partial charge in [-0.15, -0.1) is 10.2 Å². The molecule has 0 aromatic carbocycles.